The zero-order valence-electron chi connectivity index (χ0n) is 13.0. The average molecular weight is 516 g/mol. The van der Waals surface area contributed by atoms with E-state index in [0.717, 1.165) is 21.7 Å². The summed E-state index contributed by atoms with van der Waals surface area (Å²) < 4.78 is 39.6. The highest BCUT2D eigenvalue weighted by Crippen LogP contribution is 2.60. The van der Waals surface area contributed by atoms with Gasteiger partial charge in [0.1, 0.15) is 0 Å². The first kappa shape index (κ1) is 21.1. The van der Waals surface area contributed by atoms with Crippen LogP contribution in [0.3, 0.4) is 0 Å². The Balaban J connectivity index is 2.11. The van der Waals surface area contributed by atoms with Crippen LogP contribution in [0.15, 0.2) is 51.4 Å². The van der Waals surface area contributed by atoms with Crippen LogP contribution in [0.1, 0.15) is 28.9 Å². The van der Waals surface area contributed by atoms with Gasteiger partial charge in [-0.2, -0.15) is 8.78 Å². The van der Waals surface area contributed by atoms with Gasteiger partial charge in [0.15, 0.2) is 0 Å². The second-order valence-corrected chi connectivity index (χ2v) is 10.2. The summed E-state index contributed by atoms with van der Waals surface area (Å²) in [6.07, 6.45) is 0. The lowest BCUT2D eigenvalue weighted by atomic mass is 10.1. The first-order valence-electron chi connectivity index (χ1n) is 7.12. The summed E-state index contributed by atoms with van der Waals surface area (Å²) in [5, 5.41) is 0.211. The molecule has 0 saturated heterocycles. The highest BCUT2D eigenvalue weighted by molar-refractivity contribution is 9.10. The van der Waals surface area contributed by atoms with Gasteiger partial charge in [0, 0.05) is 25.5 Å². The van der Waals surface area contributed by atoms with E-state index in [9.17, 15) is 13.3 Å². The van der Waals surface area contributed by atoms with Crippen molar-refractivity contribution in [1.82, 2.24) is 0 Å². The fourth-order valence-corrected chi connectivity index (χ4v) is 4.67. The van der Waals surface area contributed by atoms with E-state index in [4.69, 9.17) is 9.79 Å². The topological polar surface area (TPSA) is 57.5 Å². The normalized spacial score (nSPS) is 13.7. The maximum absolute atomic E-state index is 13.8. The number of thioether (sulfide) groups is 1. The van der Waals surface area contributed by atoms with Crippen molar-refractivity contribution in [2.75, 3.05) is 0 Å². The number of rotatable bonds is 6. The summed E-state index contributed by atoms with van der Waals surface area (Å²) in [6.45, 7) is 2.05. The first-order chi connectivity index (χ1) is 11.5. The summed E-state index contributed by atoms with van der Waals surface area (Å²) in [4.78, 5) is 17.7. The van der Waals surface area contributed by atoms with Gasteiger partial charge in [-0.25, -0.2) is 0 Å². The Morgan fingerprint density at radius 1 is 1.16 bits per heavy atom. The van der Waals surface area contributed by atoms with Gasteiger partial charge in [0.2, 0.25) is 0 Å². The van der Waals surface area contributed by atoms with E-state index in [1.165, 1.54) is 12.1 Å². The summed E-state index contributed by atoms with van der Waals surface area (Å²) in [7, 11) is -5.58. The number of hydrogen-bond acceptors (Lipinski definition) is 2. The molecule has 0 aromatic heterocycles. The number of halogens is 4. The van der Waals surface area contributed by atoms with Crippen molar-refractivity contribution in [2.45, 2.75) is 23.6 Å². The molecule has 2 rings (SSSR count). The Morgan fingerprint density at radius 2 is 1.76 bits per heavy atom. The molecule has 0 spiro atoms. The van der Waals surface area contributed by atoms with Crippen LogP contribution in [-0.2, 0) is 16.0 Å². The van der Waals surface area contributed by atoms with Crippen LogP contribution in [0.4, 0.5) is 8.78 Å². The molecule has 0 aliphatic heterocycles. The number of alkyl halides is 2. The van der Waals surface area contributed by atoms with Crippen molar-refractivity contribution in [1.29, 1.82) is 0 Å². The Morgan fingerprint density at radius 3 is 2.28 bits per heavy atom. The quantitative estimate of drug-likeness (QED) is 0.435. The molecule has 0 amide bonds. The van der Waals surface area contributed by atoms with Crippen LogP contribution < -0.4 is 0 Å². The van der Waals surface area contributed by atoms with Crippen molar-refractivity contribution < 1.29 is 23.1 Å². The minimum absolute atomic E-state index is 0.0183. The summed E-state index contributed by atoms with van der Waals surface area (Å²) in [5.41, 5.74) is -3.00. The monoisotopic (exact) mass is 514 g/mol. The lowest BCUT2D eigenvalue weighted by Crippen LogP contribution is -2.14. The molecule has 9 heteroatoms. The van der Waals surface area contributed by atoms with Crippen molar-refractivity contribution in [3.05, 3.63) is 68.1 Å². The summed E-state index contributed by atoms with van der Waals surface area (Å²) in [6, 6.07) is 11.9. The van der Waals surface area contributed by atoms with Crippen LogP contribution >= 0.6 is 51.2 Å². The molecule has 25 heavy (non-hydrogen) atoms. The van der Waals surface area contributed by atoms with Crippen molar-refractivity contribution in [3.63, 3.8) is 0 Å². The molecular formula is C16H15Br2F2O3PS. The van der Waals surface area contributed by atoms with Gasteiger partial charge in [0.05, 0.1) is 0 Å². The molecule has 0 fully saturated rings. The predicted octanol–water partition coefficient (Wildman–Crippen LogP) is 6.43. The first-order valence-corrected chi connectivity index (χ1v) is 11.4. The minimum Gasteiger partial charge on any atom is -0.320 e. The van der Waals surface area contributed by atoms with E-state index < -0.39 is 18.8 Å². The molecule has 1 unspecified atom stereocenters. The minimum atomic E-state index is -5.58. The second-order valence-electron chi connectivity index (χ2n) is 5.40. The van der Waals surface area contributed by atoms with E-state index in [2.05, 4.69) is 38.8 Å². The zero-order valence-corrected chi connectivity index (χ0v) is 17.9. The molecule has 2 aromatic carbocycles. The fraction of sp³-hybridized carbons (Fsp3) is 0.250. The Labute approximate surface area is 165 Å². The molecule has 0 radical (unpaired) electrons. The molecule has 2 N–H and O–H groups in total. The molecular weight excluding hydrogens is 501 g/mol. The van der Waals surface area contributed by atoms with E-state index in [-0.39, 0.29) is 9.72 Å². The summed E-state index contributed by atoms with van der Waals surface area (Å²) in [5.74, 6) is 0.581. The molecule has 1 atom stereocenters. The fourth-order valence-electron chi connectivity index (χ4n) is 2.10. The van der Waals surface area contributed by atoms with Crippen LogP contribution in [0.5, 0.6) is 0 Å². The van der Waals surface area contributed by atoms with Gasteiger partial charge < -0.3 is 9.79 Å². The van der Waals surface area contributed by atoms with Gasteiger partial charge in [-0.05, 0) is 36.2 Å². The van der Waals surface area contributed by atoms with E-state index in [1.807, 2.05) is 24.3 Å². The SMILES string of the molecule is CC(SCc1ccc(C(F)(F)P(=O)(O)O)c(Br)c1)c1ccc(Br)cc1. The van der Waals surface area contributed by atoms with Crippen molar-refractivity contribution in [3.8, 4) is 0 Å². The highest BCUT2D eigenvalue weighted by Gasteiger charge is 2.51. The number of benzene rings is 2. The van der Waals surface area contributed by atoms with Crippen LogP contribution in [0.2, 0.25) is 0 Å². The number of hydrogen-bond donors (Lipinski definition) is 2. The smallest absolute Gasteiger partial charge is 0.320 e. The van der Waals surface area contributed by atoms with E-state index in [1.54, 1.807) is 11.8 Å². The van der Waals surface area contributed by atoms with Gasteiger partial charge >= 0.3 is 13.3 Å². The molecule has 2 aromatic rings. The molecule has 0 heterocycles. The largest absolute Gasteiger partial charge is 0.399 e. The second kappa shape index (κ2) is 8.19. The highest BCUT2D eigenvalue weighted by atomic mass is 79.9. The molecule has 0 aliphatic rings. The Kier molecular flexibility index (Phi) is 6.90. The third-order valence-corrected chi connectivity index (χ3v) is 6.99. The van der Waals surface area contributed by atoms with E-state index in [0.29, 0.717) is 5.75 Å². The molecule has 136 valence electrons. The maximum Gasteiger partial charge on any atom is 0.399 e. The standard InChI is InChI=1S/C16H15Br2F2O3PS/c1-10(12-3-5-13(17)6-4-12)25-9-11-2-7-14(15(18)8-11)16(19,20)24(21,22)23/h2-8,10H,9H2,1H3,(H2,21,22,23). The third-order valence-electron chi connectivity index (χ3n) is 3.56. The van der Waals surface area contributed by atoms with Crippen LogP contribution in [-0.4, -0.2) is 9.79 Å². The van der Waals surface area contributed by atoms with Crippen LogP contribution in [0, 0.1) is 0 Å². The maximum atomic E-state index is 13.8. The van der Waals surface area contributed by atoms with Gasteiger partial charge in [-0.3, -0.25) is 4.57 Å². The van der Waals surface area contributed by atoms with Crippen LogP contribution in [0.25, 0.3) is 0 Å². The van der Waals surface area contributed by atoms with Crippen molar-refractivity contribution >= 4 is 51.2 Å². The van der Waals surface area contributed by atoms with E-state index >= 15 is 0 Å². The molecule has 0 aliphatic carbocycles. The Hall–Kier alpha value is -0.240. The molecule has 0 saturated carbocycles. The summed E-state index contributed by atoms with van der Waals surface area (Å²) >= 11 is 8.02. The average Bonchev–Trinajstić information content (AvgIpc) is 2.52. The predicted molar refractivity (Wildman–Crippen MR) is 104 cm³/mol. The Bertz CT molecular complexity index is 796. The van der Waals surface area contributed by atoms with Gasteiger partial charge in [-0.1, -0.05) is 56.1 Å². The van der Waals surface area contributed by atoms with Gasteiger partial charge in [0.25, 0.3) is 0 Å². The van der Waals surface area contributed by atoms with Gasteiger partial charge in [-0.15, -0.1) is 11.8 Å². The molecule has 3 nitrogen and oxygen atoms in total. The third kappa shape index (κ3) is 5.15. The van der Waals surface area contributed by atoms with Crippen molar-refractivity contribution in [2.24, 2.45) is 0 Å². The molecule has 0 bridgehead atoms. The lowest BCUT2D eigenvalue weighted by molar-refractivity contribution is 0.0557. The zero-order chi connectivity index (χ0) is 18.8. The lowest BCUT2D eigenvalue weighted by Gasteiger charge is -2.20.